The number of hydrogen-bond donors (Lipinski definition) is 0. The molecule has 0 fully saturated rings. The standard InChI is InChI=1S/C13H18O3/c1-4-11-5-7-12(8-6-11)13(14)16-10(2)9-15-3/h5-8,10H,4,9H2,1-3H3. The summed E-state index contributed by atoms with van der Waals surface area (Å²) >= 11 is 0. The number of carbonyl (C=O) groups is 1. The van der Waals surface area contributed by atoms with E-state index in [0.29, 0.717) is 12.2 Å². The molecule has 1 unspecified atom stereocenters. The molecule has 0 spiro atoms. The lowest BCUT2D eigenvalue weighted by atomic mass is 10.1. The van der Waals surface area contributed by atoms with Crippen LogP contribution >= 0.6 is 0 Å². The molecule has 0 saturated heterocycles. The van der Waals surface area contributed by atoms with Crippen LogP contribution in [0.3, 0.4) is 0 Å². The summed E-state index contributed by atoms with van der Waals surface area (Å²) in [5.41, 5.74) is 1.79. The Morgan fingerprint density at radius 2 is 1.94 bits per heavy atom. The molecule has 16 heavy (non-hydrogen) atoms. The van der Waals surface area contributed by atoms with E-state index < -0.39 is 0 Å². The van der Waals surface area contributed by atoms with Crippen LogP contribution in [0.1, 0.15) is 29.8 Å². The zero-order chi connectivity index (χ0) is 12.0. The number of rotatable bonds is 5. The SMILES string of the molecule is CCc1ccc(C(=O)OC(C)COC)cc1. The van der Waals surface area contributed by atoms with Crippen LogP contribution in [0.15, 0.2) is 24.3 Å². The van der Waals surface area contributed by atoms with Crippen molar-refractivity contribution >= 4 is 5.97 Å². The van der Waals surface area contributed by atoms with E-state index in [2.05, 4.69) is 6.92 Å². The van der Waals surface area contributed by atoms with E-state index in [1.54, 1.807) is 19.2 Å². The number of carbonyl (C=O) groups excluding carboxylic acids is 1. The number of benzene rings is 1. The van der Waals surface area contributed by atoms with Gasteiger partial charge in [-0.15, -0.1) is 0 Å². The highest BCUT2D eigenvalue weighted by Gasteiger charge is 2.11. The second-order valence-electron chi connectivity index (χ2n) is 3.72. The fraction of sp³-hybridized carbons (Fsp3) is 0.462. The van der Waals surface area contributed by atoms with Gasteiger partial charge in [0.15, 0.2) is 0 Å². The Bertz CT molecular complexity index is 330. The summed E-state index contributed by atoms with van der Waals surface area (Å²) < 4.78 is 10.1. The summed E-state index contributed by atoms with van der Waals surface area (Å²) in [6.45, 7) is 4.30. The summed E-state index contributed by atoms with van der Waals surface area (Å²) in [5.74, 6) is -0.299. The molecule has 0 aliphatic heterocycles. The van der Waals surface area contributed by atoms with Gasteiger partial charge in [0.05, 0.1) is 12.2 Å². The molecule has 0 saturated carbocycles. The number of hydrogen-bond acceptors (Lipinski definition) is 3. The molecule has 0 radical (unpaired) electrons. The van der Waals surface area contributed by atoms with E-state index in [1.165, 1.54) is 5.56 Å². The normalized spacial score (nSPS) is 12.2. The third kappa shape index (κ3) is 3.66. The molecule has 88 valence electrons. The van der Waals surface area contributed by atoms with Crippen molar-refractivity contribution in [3.8, 4) is 0 Å². The van der Waals surface area contributed by atoms with Crippen molar-refractivity contribution < 1.29 is 14.3 Å². The van der Waals surface area contributed by atoms with Gasteiger partial charge in [0, 0.05) is 7.11 Å². The van der Waals surface area contributed by atoms with Crippen LogP contribution in [0, 0.1) is 0 Å². The lowest BCUT2D eigenvalue weighted by Crippen LogP contribution is -2.19. The van der Waals surface area contributed by atoms with Crippen LogP contribution in [0.5, 0.6) is 0 Å². The van der Waals surface area contributed by atoms with Gasteiger partial charge in [-0.2, -0.15) is 0 Å². The second-order valence-corrected chi connectivity index (χ2v) is 3.72. The molecule has 1 atom stereocenters. The monoisotopic (exact) mass is 222 g/mol. The predicted molar refractivity (Wildman–Crippen MR) is 62.6 cm³/mol. The highest BCUT2D eigenvalue weighted by Crippen LogP contribution is 2.07. The van der Waals surface area contributed by atoms with E-state index in [0.717, 1.165) is 6.42 Å². The summed E-state index contributed by atoms with van der Waals surface area (Å²) in [6, 6.07) is 7.47. The number of methoxy groups -OCH3 is 1. The minimum atomic E-state index is -0.299. The van der Waals surface area contributed by atoms with Crippen molar-refractivity contribution in [3.63, 3.8) is 0 Å². The molecule has 3 nitrogen and oxygen atoms in total. The Balaban J connectivity index is 2.59. The highest BCUT2D eigenvalue weighted by atomic mass is 16.6. The summed E-state index contributed by atoms with van der Waals surface area (Å²) in [5, 5.41) is 0. The average molecular weight is 222 g/mol. The van der Waals surface area contributed by atoms with E-state index in [-0.39, 0.29) is 12.1 Å². The molecule has 0 aliphatic rings. The molecule has 3 heteroatoms. The molecule has 0 heterocycles. The van der Waals surface area contributed by atoms with Crippen molar-refractivity contribution in [1.82, 2.24) is 0 Å². The molecule has 0 aliphatic carbocycles. The molecule has 1 rings (SSSR count). The Kier molecular flexibility index (Phi) is 4.99. The van der Waals surface area contributed by atoms with Gasteiger partial charge >= 0.3 is 5.97 Å². The van der Waals surface area contributed by atoms with Gasteiger partial charge in [0.25, 0.3) is 0 Å². The second kappa shape index (κ2) is 6.28. The topological polar surface area (TPSA) is 35.5 Å². The van der Waals surface area contributed by atoms with Gasteiger partial charge in [0.2, 0.25) is 0 Å². The first kappa shape index (κ1) is 12.7. The first-order chi connectivity index (χ1) is 7.67. The number of esters is 1. The Labute approximate surface area is 96.4 Å². The molecule has 1 aromatic carbocycles. The van der Waals surface area contributed by atoms with Crippen LogP contribution in [0.25, 0.3) is 0 Å². The first-order valence-corrected chi connectivity index (χ1v) is 5.46. The highest BCUT2D eigenvalue weighted by molar-refractivity contribution is 5.89. The Hall–Kier alpha value is -1.35. The summed E-state index contributed by atoms with van der Waals surface area (Å²) in [7, 11) is 1.58. The van der Waals surface area contributed by atoms with Crippen molar-refractivity contribution in [2.75, 3.05) is 13.7 Å². The number of aryl methyl sites for hydroxylation is 1. The van der Waals surface area contributed by atoms with Crippen LogP contribution in [0.2, 0.25) is 0 Å². The van der Waals surface area contributed by atoms with E-state index >= 15 is 0 Å². The number of ether oxygens (including phenoxy) is 2. The molecule has 0 amide bonds. The molecule has 0 N–H and O–H groups in total. The van der Waals surface area contributed by atoms with Gasteiger partial charge in [0.1, 0.15) is 6.10 Å². The minimum absolute atomic E-state index is 0.219. The largest absolute Gasteiger partial charge is 0.457 e. The average Bonchev–Trinajstić information content (AvgIpc) is 2.29. The van der Waals surface area contributed by atoms with Gasteiger partial charge in [-0.3, -0.25) is 0 Å². The zero-order valence-corrected chi connectivity index (χ0v) is 10.0. The van der Waals surface area contributed by atoms with Crippen molar-refractivity contribution in [3.05, 3.63) is 35.4 Å². The van der Waals surface area contributed by atoms with Crippen molar-refractivity contribution in [2.24, 2.45) is 0 Å². The molecular weight excluding hydrogens is 204 g/mol. The third-order valence-electron chi connectivity index (χ3n) is 2.31. The maximum absolute atomic E-state index is 11.7. The van der Waals surface area contributed by atoms with E-state index in [9.17, 15) is 4.79 Å². The van der Waals surface area contributed by atoms with E-state index in [4.69, 9.17) is 9.47 Å². The lowest BCUT2D eigenvalue weighted by Gasteiger charge is -2.12. The first-order valence-electron chi connectivity index (χ1n) is 5.46. The quantitative estimate of drug-likeness (QED) is 0.718. The Morgan fingerprint density at radius 1 is 1.31 bits per heavy atom. The molecule has 1 aromatic rings. The lowest BCUT2D eigenvalue weighted by molar-refractivity contribution is 0.0120. The molecular formula is C13H18O3. The minimum Gasteiger partial charge on any atom is -0.457 e. The van der Waals surface area contributed by atoms with Crippen LogP contribution in [0.4, 0.5) is 0 Å². The summed E-state index contributed by atoms with van der Waals surface area (Å²) in [4.78, 5) is 11.7. The third-order valence-corrected chi connectivity index (χ3v) is 2.31. The Morgan fingerprint density at radius 3 is 2.44 bits per heavy atom. The summed E-state index contributed by atoms with van der Waals surface area (Å²) in [6.07, 6.45) is 0.749. The van der Waals surface area contributed by atoms with Crippen LogP contribution < -0.4 is 0 Å². The zero-order valence-electron chi connectivity index (χ0n) is 10.0. The van der Waals surface area contributed by atoms with Gasteiger partial charge in [-0.25, -0.2) is 4.79 Å². The fourth-order valence-electron chi connectivity index (χ4n) is 1.40. The smallest absolute Gasteiger partial charge is 0.338 e. The van der Waals surface area contributed by atoms with Crippen molar-refractivity contribution in [1.29, 1.82) is 0 Å². The maximum Gasteiger partial charge on any atom is 0.338 e. The fourth-order valence-corrected chi connectivity index (χ4v) is 1.40. The molecule has 0 aromatic heterocycles. The van der Waals surface area contributed by atoms with Gasteiger partial charge in [-0.05, 0) is 31.0 Å². The maximum atomic E-state index is 11.7. The van der Waals surface area contributed by atoms with E-state index in [1.807, 2.05) is 19.1 Å². The predicted octanol–water partition coefficient (Wildman–Crippen LogP) is 2.44. The van der Waals surface area contributed by atoms with Crippen LogP contribution in [-0.4, -0.2) is 25.8 Å². The van der Waals surface area contributed by atoms with Crippen LogP contribution in [-0.2, 0) is 15.9 Å². The van der Waals surface area contributed by atoms with Gasteiger partial charge < -0.3 is 9.47 Å². The van der Waals surface area contributed by atoms with Crippen molar-refractivity contribution in [2.45, 2.75) is 26.4 Å². The molecule has 0 bridgehead atoms. The van der Waals surface area contributed by atoms with Gasteiger partial charge in [-0.1, -0.05) is 19.1 Å².